The van der Waals surface area contributed by atoms with Crippen LogP contribution in [0.4, 0.5) is 0 Å². The van der Waals surface area contributed by atoms with Crippen molar-refractivity contribution >= 4 is 11.9 Å². The fourth-order valence-electron chi connectivity index (χ4n) is 1.62. The predicted octanol–water partition coefficient (Wildman–Crippen LogP) is 1.67. The number of aryl methyl sites for hydroxylation is 1. The van der Waals surface area contributed by atoms with Crippen LogP contribution in [-0.2, 0) is 21.4 Å². The first-order valence-corrected chi connectivity index (χ1v) is 7.10. The monoisotopic (exact) mass is 297 g/mol. The SMILES string of the molecule is CC(C)(C)c1noc(CCCC(=O)NCCCC(=O)O)n1. The van der Waals surface area contributed by atoms with E-state index >= 15 is 0 Å². The van der Waals surface area contributed by atoms with Crippen molar-refractivity contribution in [3.8, 4) is 0 Å². The lowest BCUT2D eigenvalue weighted by atomic mass is 9.96. The number of rotatable bonds is 8. The van der Waals surface area contributed by atoms with Crippen molar-refractivity contribution in [2.24, 2.45) is 0 Å². The van der Waals surface area contributed by atoms with Gasteiger partial charge in [0.1, 0.15) is 0 Å². The van der Waals surface area contributed by atoms with Gasteiger partial charge >= 0.3 is 5.97 Å². The lowest BCUT2D eigenvalue weighted by Crippen LogP contribution is -2.24. The minimum atomic E-state index is -0.852. The first-order chi connectivity index (χ1) is 9.79. The van der Waals surface area contributed by atoms with Gasteiger partial charge in [-0.1, -0.05) is 25.9 Å². The van der Waals surface area contributed by atoms with Gasteiger partial charge in [-0.25, -0.2) is 0 Å². The molecule has 0 atom stereocenters. The van der Waals surface area contributed by atoms with E-state index in [1.807, 2.05) is 20.8 Å². The summed E-state index contributed by atoms with van der Waals surface area (Å²) >= 11 is 0. The van der Waals surface area contributed by atoms with Crippen molar-refractivity contribution in [1.82, 2.24) is 15.5 Å². The summed E-state index contributed by atoms with van der Waals surface area (Å²) in [6.45, 7) is 6.41. The number of carboxylic acids is 1. The fourth-order valence-corrected chi connectivity index (χ4v) is 1.62. The molecule has 0 fully saturated rings. The number of nitrogens with one attached hydrogen (secondary N) is 1. The average Bonchev–Trinajstić information content (AvgIpc) is 2.83. The van der Waals surface area contributed by atoms with Crippen LogP contribution >= 0.6 is 0 Å². The fraction of sp³-hybridized carbons (Fsp3) is 0.714. The van der Waals surface area contributed by atoms with Crippen molar-refractivity contribution in [2.75, 3.05) is 6.54 Å². The minimum Gasteiger partial charge on any atom is -0.481 e. The van der Waals surface area contributed by atoms with E-state index in [1.165, 1.54) is 0 Å². The molecular weight excluding hydrogens is 274 g/mol. The Morgan fingerprint density at radius 1 is 1.24 bits per heavy atom. The second-order valence-corrected chi connectivity index (χ2v) is 5.96. The molecule has 0 bridgehead atoms. The van der Waals surface area contributed by atoms with E-state index in [0.717, 1.165) is 0 Å². The molecule has 2 N–H and O–H groups in total. The Bertz CT molecular complexity index is 477. The van der Waals surface area contributed by atoms with E-state index < -0.39 is 5.97 Å². The standard InChI is InChI=1S/C14H23N3O4/c1-14(2,3)13-16-11(21-17-13)7-4-6-10(18)15-9-5-8-12(19)20/h4-9H2,1-3H3,(H,15,18)(H,19,20). The van der Waals surface area contributed by atoms with Crippen LogP contribution in [0, 0.1) is 0 Å². The quantitative estimate of drug-likeness (QED) is 0.707. The zero-order chi connectivity index (χ0) is 15.9. The van der Waals surface area contributed by atoms with Crippen LogP contribution in [0.5, 0.6) is 0 Å². The van der Waals surface area contributed by atoms with Crippen LogP contribution in [0.15, 0.2) is 4.52 Å². The second kappa shape index (κ2) is 7.75. The number of aromatic nitrogens is 2. The molecule has 0 saturated carbocycles. The Morgan fingerprint density at radius 3 is 2.52 bits per heavy atom. The van der Waals surface area contributed by atoms with Crippen LogP contribution < -0.4 is 5.32 Å². The van der Waals surface area contributed by atoms with E-state index in [9.17, 15) is 9.59 Å². The highest BCUT2D eigenvalue weighted by Crippen LogP contribution is 2.18. The molecule has 0 unspecified atom stereocenters. The van der Waals surface area contributed by atoms with Gasteiger partial charge in [-0.3, -0.25) is 9.59 Å². The number of hydrogen-bond donors (Lipinski definition) is 2. The smallest absolute Gasteiger partial charge is 0.303 e. The number of carbonyl (C=O) groups excluding carboxylic acids is 1. The second-order valence-electron chi connectivity index (χ2n) is 5.96. The molecule has 1 amide bonds. The molecule has 0 aliphatic heterocycles. The minimum absolute atomic E-state index is 0.0673. The van der Waals surface area contributed by atoms with Gasteiger partial charge in [-0.2, -0.15) is 4.98 Å². The molecular formula is C14H23N3O4. The number of nitrogens with zero attached hydrogens (tertiary/aromatic N) is 2. The first kappa shape index (κ1) is 17.1. The third-order valence-electron chi connectivity index (χ3n) is 2.82. The van der Waals surface area contributed by atoms with Crippen LogP contribution in [-0.4, -0.2) is 33.7 Å². The summed E-state index contributed by atoms with van der Waals surface area (Å²) < 4.78 is 5.14. The number of carbonyl (C=O) groups is 2. The maximum atomic E-state index is 11.5. The van der Waals surface area contributed by atoms with Crippen molar-refractivity contribution in [2.45, 2.75) is 58.3 Å². The zero-order valence-electron chi connectivity index (χ0n) is 12.8. The van der Waals surface area contributed by atoms with Crippen LogP contribution in [0.25, 0.3) is 0 Å². The highest BCUT2D eigenvalue weighted by Gasteiger charge is 2.20. The lowest BCUT2D eigenvalue weighted by Gasteiger charge is -2.10. The number of aliphatic carboxylic acids is 1. The van der Waals surface area contributed by atoms with Gasteiger partial charge in [-0.05, 0) is 12.8 Å². The van der Waals surface area contributed by atoms with E-state index in [2.05, 4.69) is 15.5 Å². The molecule has 1 heterocycles. The Kier molecular flexibility index (Phi) is 6.33. The van der Waals surface area contributed by atoms with Gasteiger partial charge in [-0.15, -0.1) is 0 Å². The van der Waals surface area contributed by atoms with E-state index in [4.69, 9.17) is 9.63 Å². The number of hydrogen-bond acceptors (Lipinski definition) is 5. The predicted molar refractivity (Wildman–Crippen MR) is 75.8 cm³/mol. The molecule has 1 aromatic rings. The molecule has 21 heavy (non-hydrogen) atoms. The first-order valence-electron chi connectivity index (χ1n) is 7.10. The summed E-state index contributed by atoms with van der Waals surface area (Å²) in [6.07, 6.45) is 2.06. The summed E-state index contributed by atoms with van der Waals surface area (Å²) in [4.78, 5) is 26.1. The van der Waals surface area contributed by atoms with Crippen LogP contribution in [0.3, 0.4) is 0 Å². The van der Waals surface area contributed by atoms with E-state index in [0.29, 0.717) is 43.9 Å². The van der Waals surface area contributed by atoms with Crippen molar-refractivity contribution < 1.29 is 19.2 Å². The normalized spacial score (nSPS) is 11.4. The van der Waals surface area contributed by atoms with Gasteiger partial charge in [0.15, 0.2) is 5.82 Å². The highest BCUT2D eigenvalue weighted by atomic mass is 16.5. The molecule has 0 aromatic carbocycles. The van der Waals surface area contributed by atoms with Gasteiger partial charge in [0, 0.05) is 31.2 Å². The summed E-state index contributed by atoms with van der Waals surface area (Å²) in [7, 11) is 0. The molecule has 0 radical (unpaired) electrons. The third kappa shape index (κ3) is 6.87. The topological polar surface area (TPSA) is 105 Å². The van der Waals surface area contributed by atoms with Crippen molar-refractivity contribution in [3.63, 3.8) is 0 Å². The molecule has 7 nitrogen and oxygen atoms in total. The Labute approximate surface area is 124 Å². The van der Waals surface area contributed by atoms with Crippen LogP contribution in [0.1, 0.15) is 58.2 Å². The molecule has 0 saturated heterocycles. The van der Waals surface area contributed by atoms with Gasteiger partial charge in [0.05, 0.1) is 0 Å². The number of amides is 1. The maximum absolute atomic E-state index is 11.5. The van der Waals surface area contributed by atoms with Crippen molar-refractivity contribution in [1.29, 1.82) is 0 Å². The molecule has 7 heteroatoms. The molecule has 0 aliphatic rings. The molecule has 1 rings (SSSR count). The molecule has 0 aliphatic carbocycles. The van der Waals surface area contributed by atoms with Gasteiger partial charge < -0.3 is 14.9 Å². The summed E-state index contributed by atoms with van der Waals surface area (Å²) in [5, 5.41) is 15.1. The Hall–Kier alpha value is -1.92. The summed E-state index contributed by atoms with van der Waals surface area (Å²) in [6, 6.07) is 0. The van der Waals surface area contributed by atoms with E-state index in [-0.39, 0.29) is 17.7 Å². The number of carboxylic acid groups (broad SMARTS) is 1. The van der Waals surface area contributed by atoms with Gasteiger partial charge in [0.2, 0.25) is 11.8 Å². The lowest BCUT2D eigenvalue weighted by molar-refractivity contribution is -0.137. The molecule has 118 valence electrons. The molecule has 1 aromatic heterocycles. The van der Waals surface area contributed by atoms with E-state index in [1.54, 1.807) is 0 Å². The Morgan fingerprint density at radius 2 is 1.95 bits per heavy atom. The maximum Gasteiger partial charge on any atom is 0.303 e. The molecule has 0 spiro atoms. The third-order valence-corrected chi connectivity index (χ3v) is 2.82. The summed E-state index contributed by atoms with van der Waals surface area (Å²) in [5.74, 6) is 0.264. The average molecular weight is 297 g/mol. The summed E-state index contributed by atoms with van der Waals surface area (Å²) in [5.41, 5.74) is -0.150. The Balaban J connectivity index is 2.20. The zero-order valence-corrected chi connectivity index (χ0v) is 12.8. The highest BCUT2D eigenvalue weighted by molar-refractivity contribution is 5.75. The van der Waals surface area contributed by atoms with Crippen LogP contribution in [0.2, 0.25) is 0 Å². The van der Waals surface area contributed by atoms with Crippen molar-refractivity contribution in [3.05, 3.63) is 11.7 Å². The van der Waals surface area contributed by atoms with Gasteiger partial charge in [0.25, 0.3) is 0 Å². The largest absolute Gasteiger partial charge is 0.481 e.